The van der Waals surface area contributed by atoms with Crippen LogP contribution in [-0.2, 0) is 6.18 Å². The van der Waals surface area contributed by atoms with Gasteiger partial charge in [0.25, 0.3) is 0 Å². The topological polar surface area (TPSA) is 79.6 Å². The van der Waals surface area contributed by atoms with Crippen LogP contribution in [0.5, 0.6) is 0 Å². The molecule has 0 spiro atoms. The van der Waals surface area contributed by atoms with E-state index in [2.05, 4.69) is 20.5 Å². The van der Waals surface area contributed by atoms with Gasteiger partial charge in [-0.15, -0.1) is 0 Å². The fourth-order valence-electron chi connectivity index (χ4n) is 1.65. The second kappa shape index (κ2) is 4.79. The summed E-state index contributed by atoms with van der Waals surface area (Å²) < 4.78 is 38.7. The van der Waals surface area contributed by atoms with Crippen LogP contribution in [0.1, 0.15) is 24.4 Å². The minimum atomic E-state index is -4.47. The number of nitrogens with two attached hydrogens (primary N) is 1. The maximum absolute atomic E-state index is 12.9. The Morgan fingerprint density at radius 2 is 2.11 bits per heavy atom. The summed E-state index contributed by atoms with van der Waals surface area (Å²) in [6.07, 6.45) is -3.18. The highest BCUT2D eigenvalue weighted by atomic mass is 19.4. The molecule has 5 nitrogen and oxygen atoms in total. The van der Waals surface area contributed by atoms with Crippen LogP contribution < -0.4 is 11.1 Å². The average Bonchev–Trinajstić information content (AvgIpc) is 2.83. The first-order valence-corrected chi connectivity index (χ1v) is 5.46. The van der Waals surface area contributed by atoms with Crippen molar-refractivity contribution in [1.82, 2.24) is 15.2 Å². The van der Waals surface area contributed by atoms with Gasteiger partial charge in [-0.25, -0.2) is 4.98 Å². The Balaban J connectivity index is 2.30. The van der Waals surface area contributed by atoms with E-state index in [1.165, 1.54) is 18.5 Å². The van der Waals surface area contributed by atoms with Gasteiger partial charge in [-0.3, -0.25) is 5.10 Å². The summed E-state index contributed by atoms with van der Waals surface area (Å²) in [7, 11) is 0. The number of hydrogen-bond donors (Lipinski definition) is 3. The van der Waals surface area contributed by atoms with Gasteiger partial charge in [-0.2, -0.15) is 18.3 Å². The lowest BCUT2D eigenvalue weighted by Gasteiger charge is -2.18. The fourth-order valence-corrected chi connectivity index (χ4v) is 1.65. The Kier molecular flexibility index (Phi) is 3.32. The summed E-state index contributed by atoms with van der Waals surface area (Å²) in [5.41, 5.74) is 4.60. The standard InChI is InChI=1S/C11H12F3N5/c1-6(10-16-5-17-19-10)18-9-3-2-7(15)4-8(9)11(12,13)14/h2-6,18H,15H2,1H3,(H,16,17,19). The number of rotatable bonds is 3. The summed E-state index contributed by atoms with van der Waals surface area (Å²) in [5, 5.41) is 8.99. The van der Waals surface area contributed by atoms with Gasteiger partial charge in [0.1, 0.15) is 12.2 Å². The van der Waals surface area contributed by atoms with Gasteiger partial charge in [0.05, 0.1) is 11.6 Å². The lowest BCUT2D eigenvalue weighted by atomic mass is 10.1. The van der Waals surface area contributed by atoms with Gasteiger partial charge >= 0.3 is 6.18 Å². The number of H-pyrrole nitrogens is 1. The molecule has 0 bridgehead atoms. The number of hydrogen-bond acceptors (Lipinski definition) is 4. The highest BCUT2D eigenvalue weighted by Crippen LogP contribution is 2.37. The van der Waals surface area contributed by atoms with Crippen molar-refractivity contribution in [1.29, 1.82) is 0 Å². The van der Waals surface area contributed by atoms with Crippen LogP contribution in [0.15, 0.2) is 24.5 Å². The zero-order chi connectivity index (χ0) is 14.0. The normalized spacial score (nSPS) is 13.3. The van der Waals surface area contributed by atoms with E-state index in [0.717, 1.165) is 6.07 Å². The summed E-state index contributed by atoms with van der Waals surface area (Å²) in [5.74, 6) is 0.449. The van der Waals surface area contributed by atoms with Crippen molar-refractivity contribution < 1.29 is 13.2 Å². The van der Waals surface area contributed by atoms with Crippen LogP contribution in [0.4, 0.5) is 24.5 Å². The molecule has 19 heavy (non-hydrogen) atoms. The number of alkyl halides is 3. The highest BCUT2D eigenvalue weighted by molar-refractivity contribution is 5.59. The predicted octanol–water partition coefficient (Wildman–Crippen LogP) is 2.58. The van der Waals surface area contributed by atoms with Crippen molar-refractivity contribution in [2.24, 2.45) is 0 Å². The quantitative estimate of drug-likeness (QED) is 0.749. The minimum Gasteiger partial charge on any atom is -0.399 e. The maximum Gasteiger partial charge on any atom is 0.418 e. The average molecular weight is 271 g/mol. The molecule has 4 N–H and O–H groups in total. The van der Waals surface area contributed by atoms with E-state index in [-0.39, 0.29) is 11.4 Å². The Morgan fingerprint density at radius 1 is 1.37 bits per heavy atom. The first kappa shape index (κ1) is 13.2. The third kappa shape index (κ3) is 2.95. The monoisotopic (exact) mass is 271 g/mol. The highest BCUT2D eigenvalue weighted by Gasteiger charge is 2.34. The SMILES string of the molecule is CC(Nc1ccc(N)cc1C(F)(F)F)c1ncn[nH]1. The van der Waals surface area contributed by atoms with E-state index in [0.29, 0.717) is 5.82 Å². The molecule has 2 aromatic rings. The van der Waals surface area contributed by atoms with E-state index in [1.54, 1.807) is 6.92 Å². The molecule has 0 radical (unpaired) electrons. The summed E-state index contributed by atoms with van der Waals surface area (Å²) in [6, 6.07) is 3.16. The zero-order valence-electron chi connectivity index (χ0n) is 9.99. The molecule has 0 aliphatic carbocycles. The number of nitrogen functional groups attached to an aromatic ring is 1. The van der Waals surface area contributed by atoms with Crippen LogP contribution in [-0.4, -0.2) is 15.2 Å². The van der Waals surface area contributed by atoms with Crippen molar-refractivity contribution in [3.8, 4) is 0 Å². The van der Waals surface area contributed by atoms with Gasteiger partial charge in [0.2, 0.25) is 0 Å². The number of anilines is 2. The van der Waals surface area contributed by atoms with Crippen molar-refractivity contribution in [2.45, 2.75) is 19.1 Å². The number of aromatic amines is 1. The molecule has 1 atom stereocenters. The van der Waals surface area contributed by atoms with Crippen LogP contribution >= 0.6 is 0 Å². The molecule has 0 saturated heterocycles. The minimum absolute atomic E-state index is 0.0504. The van der Waals surface area contributed by atoms with E-state index in [4.69, 9.17) is 5.73 Å². The van der Waals surface area contributed by atoms with Gasteiger partial charge in [-0.05, 0) is 25.1 Å². The molecule has 1 unspecified atom stereocenters. The van der Waals surface area contributed by atoms with E-state index >= 15 is 0 Å². The Hall–Kier alpha value is -2.25. The Bertz CT molecular complexity index is 550. The van der Waals surface area contributed by atoms with Gasteiger partial charge in [0.15, 0.2) is 0 Å². The molecule has 1 aromatic carbocycles. The second-order valence-electron chi connectivity index (χ2n) is 4.04. The van der Waals surface area contributed by atoms with Gasteiger partial charge < -0.3 is 11.1 Å². The van der Waals surface area contributed by atoms with Crippen molar-refractivity contribution in [3.05, 3.63) is 35.9 Å². The molecule has 8 heteroatoms. The molecule has 2 rings (SSSR count). The molecule has 102 valence electrons. The third-order valence-electron chi connectivity index (χ3n) is 2.56. The smallest absolute Gasteiger partial charge is 0.399 e. The van der Waals surface area contributed by atoms with E-state index in [1.807, 2.05) is 0 Å². The third-order valence-corrected chi connectivity index (χ3v) is 2.56. The number of benzene rings is 1. The largest absolute Gasteiger partial charge is 0.418 e. The molecule has 1 heterocycles. The molecular weight excluding hydrogens is 259 g/mol. The molecule has 0 aliphatic rings. The van der Waals surface area contributed by atoms with Crippen molar-refractivity contribution in [2.75, 3.05) is 11.1 Å². The fraction of sp³-hybridized carbons (Fsp3) is 0.273. The molecule has 0 amide bonds. The van der Waals surface area contributed by atoms with Crippen LogP contribution in [0.25, 0.3) is 0 Å². The van der Waals surface area contributed by atoms with Crippen molar-refractivity contribution >= 4 is 11.4 Å². The maximum atomic E-state index is 12.9. The van der Waals surface area contributed by atoms with E-state index in [9.17, 15) is 13.2 Å². The molecule has 1 aromatic heterocycles. The summed E-state index contributed by atoms with van der Waals surface area (Å²) in [6.45, 7) is 1.68. The van der Waals surface area contributed by atoms with Crippen LogP contribution in [0.3, 0.4) is 0 Å². The number of halogens is 3. The first-order chi connectivity index (χ1) is 8.88. The van der Waals surface area contributed by atoms with Gasteiger partial charge in [-0.1, -0.05) is 0 Å². The summed E-state index contributed by atoms with van der Waals surface area (Å²) >= 11 is 0. The number of aromatic nitrogens is 3. The molecular formula is C11H12F3N5. The number of nitrogens with one attached hydrogen (secondary N) is 2. The Labute approximate surface area is 107 Å². The lowest BCUT2D eigenvalue weighted by molar-refractivity contribution is -0.136. The molecule has 0 aliphatic heterocycles. The summed E-state index contributed by atoms with van der Waals surface area (Å²) in [4.78, 5) is 3.89. The zero-order valence-corrected chi connectivity index (χ0v) is 9.99. The van der Waals surface area contributed by atoms with E-state index < -0.39 is 17.8 Å². The first-order valence-electron chi connectivity index (χ1n) is 5.46. The van der Waals surface area contributed by atoms with Crippen molar-refractivity contribution in [3.63, 3.8) is 0 Å². The van der Waals surface area contributed by atoms with Crippen LogP contribution in [0.2, 0.25) is 0 Å². The number of nitrogens with zero attached hydrogens (tertiary/aromatic N) is 2. The Morgan fingerprint density at radius 3 is 2.68 bits per heavy atom. The van der Waals surface area contributed by atoms with Gasteiger partial charge in [0, 0.05) is 11.4 Å². The lowest BCUT2D eigenvalue weighted by Crippen LogP contribution is -2.14. The van der Waals surface area contributed by atoms with Crippen LogP contribution in [0, 0.1) is 0 Å². The molecule has 0 saturated carbocycles. The molecule has 0 fully saturated rings. The second-order valence-corrected chi connectivity index (χ2v) is 4.04. The predicted molar refractivity (Wildman–Crippen MR) is 64.3 cm³/mol.